The van der Waals surface area contributed by atoms with E-state index in [1.54, 1.807) is 12.1 Å². The first kappa shape index (κ1) is 16.2. The molecule has 0 saturated heterocycles. The average Bonchev–Trinajstić information content (AvgIpc) is 3.13. The van der Waals surface area contributed by atoms with Gasteiger partial charge in [-0.3, -0.25) is 0 Å². The highest BCUT2D eigenvalue weighted by molar-refractivity contribution is 5.90. The number of esters is 1. The van der Waals surface area contributed by atoms with Crippen LogP contribution in [0.1, 0.15) is 27.0 Å². The third-order valence-corrected chi connectivity index (χ3v) is 4.62. The first-order valence-corrected chi connectivity index (χ1v) is 8.57. The summed E-state index contributed by atoms with van der Waals surface area (Å²) in [6, 6.07) is 24.2. The summed E-state index contributed by atoms with van der Waals surface area (Å²) in [7, 11) is 1.38. The maximum absolute atomic E-state index is 11.5. The molecule has 1 aliphatic carbocycles. The molecule has 0 aromatic heterocycles. The van der Waals surface area contributed by atoms with Gasteiger partial charge >= 0.3 is 5.97 Å². The lowest BCUT2D eigenvalue weighted by atomic mass is 10.0. The van der Waals surface area contributed by atoms with Gasteiger partial charge in [-0.05, 0) is 65.1 Å². The van der Waals surface area contributed by atoms with Crippen molar-refractivity contribution in [2.75, 3.05) is 12.4 Å². The number of benzene rings is 3. The molecule has 3 aromatic rings. The van der Waals surface area contributed by atoms with Crippen LogP contribution in [0.3, 0.4) is 0 Å². The SMILES string of the molecule is COC(=O)c1ccc(Nc2ccc(C3=Cc4ccccc4C3)cc2)cc1. The van der Waals surface area contributed by atoms with E-state index in [0.29, 0.717) is 5.56 Å². The molecule has 0 saturated carbocycles. The molecule has 0 atom stereocenters. The summed E-state index contributed by atoms with van der Waals surface area (Å²) < 4.78 is 4.72. The molecule has 0 heterocycles. The Balaban J connectivity index is 1.46. The molecule has 0 spiro atoms. The predicted octanol–water partition coefficient (Wildman–Crippen LogP) is 5.31. The Morgan fingerprint density at radius 2 is 1.54 bits per heavy atom. The van der Waals surface area contributed by atoms with Gasteiger partial charge < -0.3 is 10.1 Å². The first-order valence-electron chi connectivity index (χ1n) is 8.57. The fourth-order valence-electron chi connectivity index (χ4n) is 3.21. The molecular formula is C23H19NO2. The van der Waals surface area contributed by atoms with Gasteiger partial charge in [0.1, 0.15) is 0 Å². The molecule has 4 rings (SSSR count). The van der Waals surface area contributed by atoms with Crippen LogP contribution in [0.4, 0.5) is 11.4 Å². The van der Waals surface area contributed by atoms with E-state index in [0.717, 1.165) is 17.8 Å². The van der Waals surface area contributed by atoms with Gasteiger partial charge in [0.2, 0.25) is 0 Å². The van der Waals surface area contributed by atoms with E-state index in [9.17, 15) is 4.79 Å². The minimum Gasteiger partial charge on any atom is -0.465 e. The zero-order chi connectivity index (χ0) is 17.9. The average molecular weight is 341 g/mol. The summed E-state index contributed by atoms with van der Waals surface area (Å²) in [4.78, 5) is 11.5. The Morgan fingerprint density at radius 1 is 0.885 bits per heavy atom. The van der Waals surface area contributed by atoms with Crippen molar-refractivity contribution in [2.24, 2.45) is 0 Å². The van der Waals surface area contributed by atoms with Crippen LogP contribution in [0.2, 0.25) is 0 Å². The molecule has 1 aliphatic rings. The normalized spacial score (nSPS) is 12.3. The molecule has 3 aromatic carbocycles. The molecule has 0 aliphatic heterocycles. The number of hydrogen-bond donors (Lipinski definition) is 1. The molecule has 128 valence electrons. The van der Waals surface area contributed by atoms with Crippen molar-refractivity contribution in [3.05, 3.63) is 95.1 Å². The Kier molecular flexibility index (Phi) is 4.28. The van der Waals surface area contributed by atoms with E-state index in [1.165, 1.54) is 29.4 Å². The number of methoxy groups -OCH3 is 1. The van der Waals surface area contributed by atoms with Crippen LogP contribution < -0.4 is 5.32 Å². The number of carbonyl (C=O) groups is 1. The maximum Gasteiger partial charge on any atom is 0.337 e. The number of allylic oxidation sites excluding steroid dienone is 1. The van der Waals surface area contributed by atoms with E-state index in [-0.39, 0.29) is 5.97 Å². The van der Waals surface area contributed by atoms with E-state index in [2.05, 4.69) is 59.9 Å². The number of hydrogen-bond acceptors (Lipinski definition) is 3. The molecule has 0 radical (unpaired) electrons. The van der Waals surface area contributed by atoms with E-state index in [4.69, 9.17) is 4.74 Å². The molecule has 0 amide bonds. The smallest absolute Gasteiger partial charge is 0.337 e. The van der Waals surface area contributed by atoms with Gasteiger partial charge in [0.05, 0.1) is 12.7 Å². The van der Waals surface area contributed by atoms with Crippen LogP contribution in [-0.2, 0) is 11.2 Å². The number of fused-ring (bicyclic) bond motifs is 1. The second-order valence-corrected chi connectivity index (χ2v) is 6.32. The van der Waals surface area contributed by atoms with Crippen LogP contribution in [0.25, 0.3) is 11.6 Å². The molecule has 3 heteroatoms. The second-order valence-electron chi connectivity index (χ2n) is 6.32. The second kappa shape index (κ2) is 6.89. The quantitative estimate of drug-likeness (QED) is 0.653. The zero-order valence-corrected chi connectivity index (χ0v) is 14.5. The number of ether oxygens (including phenoxy) is 1. The first-order chi connectivity index (χ1) is 12.7. The van der Waals surface area contributed by atoms with Crippen molar-refractivity contribution in [2.45, 2.75) is 6.42 Å². The van der Waals surface area contributed by atoms with Gasteiger partial charge in [-0.25, -0.2) is 4.79 Å². The molecule has 0 fully saturated rings. The lowest BCUT2D eigenvalue weighted by Gasteiger charge is -2.09. The van der Waals surface area contributed by atoms with Gasteiger partial charge in [-0.2, -0.15) is 0 Å². The van der Waals surface area contributed by atoms with Crippen LogP contribution in [-0.4, -0.2) is 13.1 Å². The van der Waals surface area contributed by atoms with Crippen molar-refractivity contribution in [3.63, 3.8) is 0 Å². The fraction of sp³-hybridized carbons (Fsp3) is 0.0870. The standard InChI is InChI=1S/C23H19NO2/c1-26-23(25)17-8-12-22(13-9-17)24-21-10-6-16(7-11-21)20-14-18-4-2-3-5-19(18)15-20/h2-14,24H,15H2,1H3. The topological polar surface area (TPSA) is 38.3 Å². The van der Waals surface area contributed by atoms with Gasteiger partial charge in [-0.15, -0.1) is 0 Å². The summed E-state index contributed by atoms with van der Waals surface area (Å²) in [5.41, 5.74) is 7.77. The maximum atomic E-state index is 11.5. The van der Waals surface area contributed by atoms with Crippen molar-refractivity contribution in [1.82, 2.24) is 0 Å². The summed E-state index contributed by atoms with van der Waals surface area (Å²) in [5.74, 6) is -0.327. The minimum atomic E-state index is -0.327. The number of carbonyl (C=O) groups excluding carboxylic acids is 1. The number of rotatable bonds is 4. The largest absolute Gasteiger partial charge is 0.465 e. The molecule has 3 nitrogen and oxygen atoms in total. The van der Waals surface area contributed by atoms with Crippen LogP contribution in [0.5, 0.6) is 0 Å². The monoisotopic (exact) mass is 341 g/mol. The van der Waals surface area contributed by atoms with Crippen LogP contribution in [0.15, 0.2) is 72.8 Å². The minimum absolute atomic E-state index is 0.327. The van der Waals surface area contributed by atoms with E-state index < -0.39 is 0 Å². The summed E-state index contributed by atoms with van der Waals surface area (Å²) >= 11 is 0. The van der Waals surface area contributed by atoms with Gasteiger partial charge in [0.15, 0.2) is 0 Å². The Bertz CT molecular complexity index is 970. The lowest BCUT2D eigenvalue weighted by molar-refractivity contribution is 0.0601. The van der Waals surface area contributed by atoms with Gasteiger partial charge in [0, 0.05) is 11.4 Å². The van der Waals surface area contributed by atoms with Gasteiger partial charge in [-0.1, -0.05) is 42.5 Å². The molecular weight excluding hydrogens is 322 g/mol. The lowest BCUT2D eigenvalue weighted by Crippen LogP contribution is -2.00. The zero-order valence-electron chi connectivity index (χ0n) is 14.5. The third-order valence-electron chi connectivity index (χ3n) is 4.62. The third kappa shape index (κ3) is 3.24. The Morgan fingerprint density at radius 3 is 2.19 bits per heavy atom. The molecule has 0 unspecified atom stereocenters. The van der Waals surface area contributed by atoms with Crippen molar-refractivity contribution >= 4 is 29.0 Å². The van der Waals surface area contributed by atoms with Crippen molar-refractivity contribution in [1.29, 1.82) is 0 Å². The predicted molar refractivity (Wildman–Crippen MR) is 106 cm³/mol. The van der Waals surface area contributed by atoms with Gasteiger partial charge in [0.25, 0.3) is 0 Å². The highest BCUT2D eigenvalue weighted by atomic mass is 16.5. The Hall–Kier alpha value is -3.33. The summed E-state index contributed by atoms with van der Waals surface area (Å²) in [6.45, 7) is 0. The van der Waals surface area contributed by atoms with Crippen LogP contribution >= 0.6 is 0 Å². The fourth-order valence-corrected chi connectivity index (χ4v) is 3.21. The highest BCUT2D eigenvalue weighted by Gasteiger charge is 2.13. The molecule has 26 heavy (non-hydrogen) atoms. The van der Waals surface area contributed by atoms with Crippen molar-refractivity contribution in [3.8, 4) is 0 Å². The summed E-state index contributed by atoms with van der Waals surface area (Å²) in [5, 5.41) is 3.35. The molecule has 0 bridgehead atoms. The Labute approximate surface area is 152 Å². The summed E-state index contributed by atoms with van der Waals surface area (Å²) in [6.07, 6.45) is 3.25. The number of anilines is 2. The van der Waals surface area contributed by atoms with Crippen LogP contribution in [0, 0.1) is 0 Å². The highest BCUT2D eigenvalue weighted by Crippen LogP contribution is 2.32. The van der Waals surface area contributed by atoms with E-state index in [1.807, 2.05) is 12.1 Å². The van der Waals surface area contributed by atoms with Crippen molar-refractivity contribution < 1.29 is 9.53 Å². The molecule has 1 N–H and O–H groups in total. The number of nitrogens with one attached hydrogen (secondary N) is 1. The van der Waals surface area contributed by atoms with E-state index >= 15 is 0 Å².